The summed E-state index contributed by atoms with van der Waals surface area (Å²) in [4.78, 5) is 0. The number of hydrogen-bond acceptors (Lipinski definition) is 3. The van der Waals surface area contributed by atoms with E-state index in [0.29, 0.717) is 36.4 Å². The molecule has 7 atom stereocenters. The average Bonchev–Trinajstić information content (AvgIpc) is 2.78. The van der Waals surface area contributed by atoms with Gasteiger partial charge in [0.2, 0.25) is 12.5 Å². The lowest BCUT2D eigenvalue weighted by Gasteiger charge is -2.47. The molecule has 0 amide bonds. The quantitative estimate of drug-likeness (QED) is 0.714. The van der Waals surface area contributed by atoms with Crippen molar-refractivity contribution in [3.8, 4) is 0 Å². The molecule has 3 aliphatic rings. The Morgan fingerprint density at radius 3 is 2.38 bits per heavy atom. The second-order valence-corrected chi connectivity index (χ2v) is 8.40. The maximum atomic E-state index is 6.69. The van der Waals surface area contributed by atoms with Crippen LogP contribution in [0.4, 0.5) is 0 Å². The van der Waals surface area contributed by atoms with Crippen molar-refractivity contribution in [3.63, 3.8) is 0 Å². The molecule has 7 unspecified atom stereocenters. The molecule has 21 heavy (non-hydrogen) atoms. The van der Waals surface area contributed by atoms with Crippen molar-refractivity contribution in [1.29, 1.82) is 0 Å². The minimum Gasteiger partial charge on any atom is -0.323 e. The van der Waals surface area contributed by atoms with Gasteiger partial charge in [-0.2, -0.15) is 0 Å². The number of hydrogen-bond donors (Lipinski definition) is 2. The second-order valence-electron chi connectivity index (χ2n) is 8.40. The zero-order valence-corrected chi connectivity index (χ0v) is 14.4. The minimum absolute atomic E-state index is 0.318. The van der Waals surface area contributed by atoms with Crippen molar-refractivity contribution in [2.45, 2.75) is 44.3 Å². The fourth-order valence-electron chi connectivity index (χ4n) is 5.30. The van der Waals surface area contributed by atoms with Gasteiger partial charge in [-0.3, -0.25) is 9.22 Å². The van der Waals surface area contributed by atoms with Gasteiger partial charge in [0.1, 0.15) is 0 Å². The van der Waals surface area contributed by atoms with Crippen LogP contribution in [0, 0.1) is 11.8 Å². The SMILES string of the molecule is CC[N+]1(C)CC(NC)CC2C3CC(N)C[N+](C)(C)C3OC21. The minimum atomic E-state index is 0.318. The molecular weight excluding hydrogens is 264 g/mol. The molecule has 3 saturated heterocycles. The van der Waals surface area contributed by atoms with Crippen LogP contribution < -0.4 is 11.1 Å². The number of fused-ring (bicyclic) bond motifs is 3. The average molecular weight is 298 g/mol. The first kappa shape index (κ1) is 15.7. The number of nitrogens with two attached hydrogens (primary N) is 1. The summed E-state index contributed by atoms with van der Waals surface area (Å²) in [5.41, 5.74) is 6.36. The highest BCUT2D eigenvalue weighted by atomic mass is 16.5. The fourth-order valence-corrected chi connectivity index (χ4v) is 5.30. The zero-order chi connectivity index (χ0) is 15.4. The van der Waals surface area contributed by atoms with Gasteiger partial charge in [-0.15, -0.1) is 0 Å². The molecule has 3 N–H and O–H groups in total. The second kappa shape index (κ2) is 5.17. The number of piperidine rings is 2. The number of nitrogens with one attached hydrogen (secondary N) is 1. The van der Waals surface area contributed by atoms with E-state index in [1.807, 2.05) is 0 Å². The molecule has 3 aliphatic heterocycles. The molecule has 0 saturated carbocycles. The first-order valence-electron chi connectivity index (χ1n) is 8.56. The van der Waals surface area contributed by atoms with Gasteiger partial charge < -0.3 is 15.5 Å². The smallest absolute Gasteiger partial charge is 0.202 e. The number of nitrogens with zero attached hydrogens (tertiary/aromatic N) is 2. The van der Waals surface area contributed by atoms with Gasteiger partial charge in [0.25, 0.3) is 0 Å². The molecule has 0 aromatic carbocycles. The molecule has 3 fully saturated rings. The van der Waals surface area contributed by atoms with Crippen LogP contribution in [0.3, 0.4) is 0 Å². The lowest BCUT2D eigenvalue weighted by Crippen LogP contribution is -2.64. The first-order valence-corrected chi connectivity index (χ1v) is 8.56. The summed E-state index contributed by atoms with van der Waals surface area (Å²) in [6.45, 7) is 5.64. The molecule has 3 rings (SSSR count). The van der Waals surface area contributed by atoms with Crippen LogP contribution in [-0.4, -0.2) is 81.3 Å². The van der Waals surface area contributed by atoms with E-state index in [1.54, 1.807) is 0 Å². The topological polar surface area (TPSA) is 47.3 Å². The van der Waals surface area contributed by atoms with E-state index < -0.39 is 0 Å². The normalized spacial score (nSPS) is 52.3. The molecule has 0 spiro atoms. The fraction of sp³-hybridized carbons (Fsp3) is 1.00. The largest absolute Gasteiger partial charge is 0.323 e. The van der Waals surface area contributed by atoms with Gasteiger partial charge in [0.05, 0.1) is 64.7 Å². The highest BCUT2D eigenvalue weighted by Gasteiger charge is 2.62. The monoisotopic (exact) mass is 298 g/mol. The van der Waals surface area contributed by atoms with E-state index in [9.17, 15) is 0 Å². The Labute approximate surface area is 129 Å². The Balaban J connectivity index is 1.92. The Bertz CT molecular complexity index is 402. The van der Waals surface area contributed by atoms with Crippen molar-refractivity contribution in [1.82, 2.24) is 5.32 Å². The van der Waals surface area contributed by atoms with E-state index in [2.05, 4.69) is 40.4 Å². The molecule has 0 radical (unpaired) electrons. The molecular formula is C16H34N4O+2. The molecule has 5 nitrogen and oxygen atoms in total. The number of likely N-dealkylation sites (N-methyl/N-ethyl adjacent to an activating group) is 3. The third-order valence-corrected chi connectivity index (χ3v) is 6.47. The Kier molecular flexibility index (Phi) is 3.86. The van der Waals surface area contributed by atoms with E-state index in [1.165, 1.54) is 13.0 Å². The van der Waals surface area contributed by atoms with Crippen molar-refractivity contribution in [2.24, 2.45) is 17.6 Å². The van der Waals surface area contributed by atoms with Gasteiger partial charge in [-0.25, -0.2) is 0 Å². The van der Waals surface area contributed by atoms with Gasteiger partial charge in [-0.1, -0.05) is 0 Å². The van der Waals surface area contributed by atoms with Gasteiger partial charge >= 0.3 is 0 Å². The third kappa shape index (κ3) is 2.43. The maximum absolute atomic E-state index is 6.69. The number of quaternary nitrogens is 2. The van der Waals surface area contributed by atoms with Gasteiger partial charge in [0.15, 0.2) is 0 Å². The summed E-state index contributed by atoms with van der Waals surface area (Å²) in [5, 5.41) is 3.53. The summed E-state index contributed by atoms with van der Waals surface area (Å²) in [7, 11) is 9.06. The van der Waals surface area contributed by atoms with Crippen LogP contribution in [-0.2, 0) is 4.74 Å². The van der Waals surface area contributed by atoms with Crippen LogP contribution in [0.2, 0.25) is 0 Å². The van der Waals surface area contributed by atoms with Gasteiger partial charge in [-0.05, 0) is 26.8 Å². The van der Waals surface area contributed by atoms with Crippen LogP contribution in [0.25, 0.3) is 0 Å². The highest BCUT2D eigenvalue weighted by Crippen LogP contribution is 2.48. The number of likely N-dealkylation sites (tertiary alicyclic amines) is 2. The molecule has 122 valence electrons. The molecule has 0 aliphatic carbocycles. The van der Waals surface area contributed by atoms with Crippen molar-refractivity contribution < 1.29 is 13.7 Å². The Morgan fingerprint density at radius 1 is 1.10 bits per heavy atom. The Morgan fingerprint density at radius 2 is 1.76 bits per heavy atom. The summed E-state index contributed by atoms with van der Waals surface area (Å²) < 4.78 is 8.66. The van der Waals surface area contributed by atoms with E-state index >= 15 is 0 Å². The summed E-state index contributed by atoms with van der Waals surface area (Å²) >= 11 is 0. The first-order chi connectivity index (χ1) is 9.80. The predicted octanol–water partition coefficient (Wildman–Crippen LogP) is 0.167. The van der Waals surface area contributed by atoms with Crippen LogP contribution in [0.1, 0.15) is 19.8 Å². The lowest BCUT2D eigenvalue weighted by atomic mass is 9.77. The Hall–Kier alpha value is -0.200. The molecule has 0 bridgehead atoms. The molecule has 3 heterocycles. The number of rotatable bonds is 2. The summed E-state index contributed by atoms with van der Waals surface area (Å²) in [5.74, 6) is 1.27. The maximum Gasteiger partial charge on any atom is 0.202 e. The highest BCUT2D eigenvalue weighted by molar-refractivity contribution is 4.93. The van der Waals surface area contributed by atoms with Crippen LogP contribution in [0.5, 0.6) is 0 Å². The number of ether oxygens (including phenoxy) is 1. The van der Waals surface area contributed by atoms with E-state index in [0.717, 1.165) is 28.5 Å². The molecule has 0 aromatic rings. The van der Waals surface area contributed by atoms with E-state index in [4.69, 9.17) is 10.5 Å². The van der Waals surface area contributed by atoms with Crippen LogP contribution >= 0.6 is 0 Å². The summed E-state index contributed by atoms with van der Waals surface area (Å²) in [6.07, 6.45) is 3.06. The molecule has 5 heteroatoms. The van der Waals surface area contributed by atoms with Crippen molar-refractivity contribution >= 4 is 0 Å². The predicted molar refractivity (Wildman–Crippen MR) is 84.3 cm³/mol. The third-order valence-electron chi connectivity index (χ3n) is 6.47. The molecule has 0 aromatic heterocycles. The van der Waals surface area contributed by atoms with Gasteiger partial charge in [0, 0.05) is 0 Å². The van der Waals surface area contributed by atoms with E-state index in [-0.39, 0.29) is 0 Å². The zero-order valence-electron chi connectivity index (χ0n) is 14.4. The lowest BCUT2D eigenvalue weighted by molar-refractivity contribution is -0.984. The van der Waals surface area contributed by atoms with Crippen molar-refractivity contribution in [3.05, 3.63) is 0 Å². The van der Waals surface area contributed by atoms with Crippen molar-refractivity contribution in [2.75, 3.05) is 47.8 Å². The standard InChI is InChI=1S/C16H34N4O/c1-6-20(5)10-12(18-2)8-14-13-7-11(17)9-19(3,4)15(13)21-16(14)20/h11-16,18H,6-10,17H2,1-5H3/q+2. The van der Waals surface area contributed by atoms with Crippen LogP contribution in [0.15, 0.2) is 0 Å². The summed E-state index contributed by atoms with van der Waals surface area (Å²) in [6, 6.07) is 0.922.